The maximum atomic E-state index is 13.1. The average Bonchev–Trinajstić information content (AvgIpc) is 3.22. The number of phenols is 1. The summed E-state index contributed by atoms with van der Waals surface area (Å²) in [5, 5.41) is 33.0. The zero-order valence-corrected chi connectivity index (χ0v) is 39.2. The van der Waals surface area contributed by atoms with Crippen molar-refractivity contribution in [3.8, 4) is 28.6 Å². The molecule has 3 heterocycles. The Kier molecular flexibility index (Phi) is 18.5. The lowest BCUT2D eigenvalue weighted by Gasteiger charge is -2.35. The van der Waals surface area contributed by atoms with Gasteiger partial charge in [-0.25, -0.2) is 4.79 Å². The summed E-state index contributed by atoms with van der Waals surface area (Å²) in [6, 6.07) is 19.2. The molecule has 7 rings (SSSR count). The molecule has 15 heteroatoms. The van der Waals surface area contributed by atoms with Gasteiger partial charge >= 0.3 is 5.97 Å². The number of phenolic OH excluding ortho intramolecular Hbond substituents is 1. The minimum absolute atomic E-state index is 0. The van der Waals surface area contributed by atoms with Gasteiger partial charge in [0, 0.05) is 47.7 Å². The summed E-state index contributed by atoms with van der Waals surface area (Å²) in [4.78, 5) is 40.2. The van der Waals surface area contributed by atoms with Crippen LogP contribution < -0.4 is 14.9 Å². The average molecular weight is 928 g/mol. The van der Waals surface area contributed by atoms with Crippen LogP contribution in [0.15, 0.2) is 75.9 Å². The summed E-state index contributed by atoms with van der Waals surface area (Å²) in [7, 11) is 6.97. The number of hydrogen-bond acceptors (Lipinski definition) is 12. The standard InChI is InChI=1S/C23H24ClNO4.C16H23NO4.C9H9ClO2.ClH/c1-13-10-20(28-3)22-17(26)11-19(14-6-4-5-7-16(14)24)29-23(22)21(13)15-8-9-25(2)12-18(15)27;1-9-7-13(21-4)15(10(2)18)16(20)14(9)11-5-6-17(3)8-12(11)19;1-2-12-9(11)7-5-3-4-6-8(7)10;/h4-7,10-11,15,18,27H,8-9,12H2,1-3H3;7,11-12,19-20H,5-6,8H2,1-4H3;3-6H,2H2,1H3;1H/t15?,18-;11?,12-;;/m11../s1. The number of likely N-dealkylation sites (tertiary alicyclic amines) is 2. The minimum Gasteiger partial charge on any atom is -0.507 e. The molecule has 2 aliphatic heterocycles. The Balaban J connectivity index is 0.000000224. The number of ketones is 1. The van der Waals surface area contributed by atoms with Gasteiger partial charge in [-0.15, -0.1) is 12.4 Å². The Morgan fingerprint density at radius 2 is 1.33 bits per heavy atom. The first kappa shape index (κ1) is 51.0. The van der Waals surface area contributed by atoms with Crippen LogP contribution in [0.25, 0.3) is 22.3 Å². The van der Waals surface area contributed by atoms with Crippen LogP contribution in [-0.4, -0.2) is 110 Å². The second kappa shape index (κ2) is 22.8. The van der Waals surface area contributed by atoms with Crippen LogP contribution in [0.2, 0.25) is 10.0 Å². The van der Waals surface area contributed by atoms with E-state index in [9.17, 15) is 29.7 Å². The smallest absolute Gasteiger partial charge is 0.339 e. The van der Waals surface area contributed by atoms with Crippen molar-refractivity contribution in [2.24, 2.45) is 0 Å². The largest absolute Gasteiger partial charge is 0.507 e. The van der Waals surface area contributed by atoms with Gasteiger partial charge in [0.1, 0.15) is 39.5 Å². The number of aliphatic hydroxyl groups excluding tert-OH is 2. The van der Waals surface area contributed by atoms with Gasteiger partial charge < -0.3 is 43.7 Å². The molecule has 4 aromatic carbocycles. The van der Waals surface area contributed by atoms with Gasteiger partial charge in [-0.2, -0.15) is 0 Å². The predicted octanol–water partition coefficient (Wildman–Crippen LogP) is 8.84. The van der Waals surface area contributed by atoms with Gasteiger partial charge in [-0.3, -0.25) is 9.59 Å². The number of carbonyl (C=O) groups excluding carboxylic acids is 2. The Morgan fingerprint density at radius 1 is 0.810 bits per heavy atom. The molecule has 340 valence electrons. The molecule has 2 aliphatic rings. The van der Waals surface area contributed by atoms with Crippen molar-refractivity contribution in [2.45, 2.75) is 64.6 Å². The molecule has 4 atom stereocenters. The third-order valence-electron chi connectivity index (χ3n) is 11.3. The maximum Gasteiger partial charge on any atom is 0.339 e. The van der Waals surface area contributed by atoms with Crippen molar-refractivity contribution < 1.29 is 43.5 Å². The fourth-order valence-corrected chi connectivity index (χ4v) is 8.74. The van der Waals surface area contributed by atoms with E-state index in [2.05, 4.69) is 9.80 Å². The van der Waals surface area contributed by atoms with Crippen molar-refractivity contribution in [2.75, 3.05) is 61.1 Å². The second-order valence-electron chi connectivity index (χ2n) is 15.7. The number of aryl methyl sites for hydroxylation is 2. The number of β-amino-alcohol motifs (C(OH)–C–C–N with tert-alkyl or cyclic N) is 2. The van der Waals surface area contributed by atoms with E-state index >= 15 is 0 Å². The molecule has 0 saturated carbocycles. The number of benzene rings is 4. The lowest BCUT2D eigenvalue weighted by atomic mass is 9.82. The number of esters is 1. The highest BCUT2D eigenvalue weighted by Crippen LogP contribution is 2.43. The van der Waals surface area contributed by atoms with Crippen LogP contribution in [-0.2, 0) is 4.74 Å². The SMILES string of the molecule is CCOC(=O)c1ccccc1Cl.COc1cc(C)c(C2CCN(C)C[C@H]2O)c(O)c1C(C)=O.COc1cc(C)c(C2CCN(C)C[C@H]2O)c2oc(-c3ccccc3Cl)cc(=O)c12.Cl. The number of ether oxygens (including phenoxy) is 3. The van der Waals surface area contributed by atoms with E-state index in [0.717, 1.165) is 42.6 Å². The number of aromatic hydroxyl groups is 1. The van der Waals surface area contributed by atoms with Gasteiger partial charge in [-0.05, 0) is 115 Å². The topological polar surface area (TPSA) is 159 Å². The van der Waals surface area contributed by atoms with Crippen LogP contribution >= 0.6 is 35.6 Å². The molecule has 0 aliphatic carbocycles. The van der Waals surface area contributed by atoms with E-state index < -0.39 is 12.2 Å². The van der Waals surface area contributed by atoms with E-state index in [1.807, 2.05) is 52.2 Å². The number of methoxy groups -OCH3 is 2. The second-order valence-corrected chi connectivity index (χ2v) is 16.5. The summed E-state index contributed by atoms with van der Waals surface area (Å²) in [5.41, 5.74) is 4.85. The highest BCUT2D eigenvalue weighted by atomic mass is 35.5. The Bertz CT molecular complexity index is 2460. The summed E-state index contributed by atoms with van der Waals surface area (Å²) >= 11 is 12.1. The van der Waals surface area contributed by atoms with Crippen molar-refractivity contribution in [1.82, 2.24) is 9.80 Å². The minimum atomic E-state index is -0.554. The molecule has 5 aromatic rings. The van der Waals surface area contributed by atoms with E-state index in [1.165, 1.54) is 20.1 Å². The first-order valence-corrected chi connectivity index (χ1v) is 21.2. The number of nitrogens with zero attached hydrogens (tertiary/aromatic N) is 2. The number of likely N-dealkylation sites (N-methyl/N-ethyl adjacent to an activating group) is 2. The van der Waals surface area contributed by atoms with Crippen molar-refractivity contribution in [3.63, 3.8) is 0 Å². The number of carbonyl (C=O) groups is 2. The predicted molar refractivity (Wildman–Crippen MR) is 250 cm³/mol. The van der Waals surface area contributed by atoms with Crippen molar-refractivity contribution >= 4 is 58.3 Å². The Hall–Kier alpha value is -4.66. The summed E-state index contributed by atoms with van der Waals surface area (Å²) in [6.45, 7) is 10.2. The maximum absolute atomic E-state index is 13.1. The van der Waals surface area contributed by atoms with Gasteiger partial charge in [0.2, 0.25) is 0 Å². The van der Waals surface area contributed by atoms with Crippen molar-refractivity contribution in [1.29, 1.82) is 0 Å². The van der Waals surface area contributed by atoms with Gasteiger partial charge in [-0.1, -0.05) is 47.5 Å². The summed E-state index contributed by atoms with van der Waals surface area (Å²) in [5.74, 6) is 0.315. The molecule has 0 bridgehead atoms. The molecule has 0 amide bonds. The van der Waals surface area contributed by atoms with Crippen LogP contribution in [0.3, 0.4) is 0 Å². The van der Waals surface area contributed by atoms with Gasteiger partial charge in [0.25, 0.3) is 0 Å². The lowest BCUT2D eigenvalue weighted by molar-refractivity contribution is 0.0526. The molecule has 2 unspecified atom stereocenters. The van der Waals surface area contributed by atoms with E-state index in [0.29, 0.717) is 74.7 Å². The quantitative estimate of drug-likeness (QED) is 0.100. The van der Waals surface area contributed by atoms with Gasteiger partial charge in [0.05, 0.1) is 48.6 Å². The van der Waals surface area contributed by atoms with E-state index in [-0.39, 0.29) is 52.7 Å². The number of Topliss-reactive ketones (excluding diaryl/α,β-unsaturated/α-hetero) is 1. The fourth-order valence-electron chi connectivity index (χ4n) is 8.30. The molecule has 2 saturated heterocycles. The van der Waals surface area contributed by atoms with Crippen LogP contribution in [0, 0.1) is 13.8 Å². The van der Waals surface area contributed by atoms with E-state index in [1.54, 1.807) is 50.4 Å². The first-order chi connectivity index (χ1) is 29.5. The molecule has 12 nitrogen and oxygen atoms in total. The molecule has 2 fully saturated rings. The molecule has 0 spiro atoms. The number of halogens is 3. The van der Waals surface area contributed by atoms with Gasteiger partial charge in [0.15, 0.2) is 11.2 Å². The zero-order chi connectivity index (χ0) is 45.4. The number of rotatable bonds is 8. The number of hydrogen-bond donors (Lipinski definition) is 3. The van der Waals surface area contributed by atoms with Crippen LogP contribution in [0.5, 0.6) is 17.2 Å². The van der Waals surface area contributed by atoms with Crippen molar-refractivity contribution in [3.05, 3.63) is 120 Å². The first-order valence-electron chi connectivity index (χ1n) is 20.5. The fraction of sp³-hybridized carbons (Fsp3) is 0.396. The number of fused-ring (bicyclic) bond motifs is 1. The Morgan fingerprint density at radius 3 is 1.86 bits per heavy atom. The summed E-state index contributed by atoms with van der Waals surface area (Å²) < 4.78 is 21.8. The molecular formula is C48H57Cl3N2O10. The normalized spacial score (nSPS) is 18.8. The van der Waals surface area contributed by atoms with Crippen LogP contribution in [0.1, 0.15) is 81.5 Å². The Labute approximate surface area is 384 Å². The molecule has 3 N–H and O–H groups in total. The lowest BCUT2D eigenvalue weighted by Crippen LogP contribution is -2.40. The zero-order valence-electron chi connectivity index (χ0n) is 36.9. The third-order valence-corrected chi connectivity index (χ3v) is 12.0. The number of aliphatic hydroxyl groups is 2. The monoisotopic (exact) mass is 926 g/mol. The molecule has 0 radical (unpaired) electrons. The third kappa shape index (κ3) is 11.7. The van der Waals surface area contributed by atoms with Crippen LogP contribution in [0.4, 0.5) is 0 Å². The highest BCUT2D eigenvalue weighted by Gasteiger charge is 2.34. The molecular weight excluding hydrogens is 871 g/mol. The van der Waals surface area contributed by atoms with E-state index in [4.69, 9.17) is 41.8 Å². The highest BCUT2D eigenvalue weighted by molar-refractivity contribution is 6.33. The number of piperidine rings is 2. The molecule has 1 aromatic heterocycles. The molecule has 63 heavy (non-hydrogen) atoms. The summed E-state index contributed by atoms with van der Waals surface area (Å²) in [6.07, 6.45) is 0.426.